The molecule has 0 aromatic heterocycles. The van der Waals surface area contributed by atoms with Crippen molar-refractivity contribution in [2.45, 2.75) is 0 Å². The molecule has 0 aliphatic heterocycles. The standard InChI is InChI=1S/C5H13ClN2O2S/c1-8(2)4-3-7-11(9,10)5-6/h7H,3-5H2,1-2H3. The first-order valence-corrected chi connectivity index (χ1v) is 5.34. The number of sulfonamides is 1. The number of nitrogens with one attached hydrogen (secondary N) is 1. The van der Waals surface area contributed by atoms with E-state index in [1.807, 2.05) is 19.0 Å². The monoisotopic (exact) mass is 200 g/mol. The van der Waals surface area contributed by atoms with Gasteiger partial charge in [0.1, 0.15) is 5.21 Å². The zero-order chi connectivity index (χ0) is 8.91. The molecule has 0 rings (SSSR count). The van der Waals surface area contributed by atoms with E-state index >= 15 is 0 Å². The van der Waals surface area contributed by atoms with Crippen LogP contribution in [0.5, 0.6) is 0 Å². The fourth-order valence-electron chi connectivity index (χ4n) is 0.463. The van der Waals surface area contributed by atoms with Gasteiger partial charge in [0.25, 0.3) is 0 Å². The van der Waals surface area contributed by atoms with E-state index < -0.39 is 10.0 Å². The van der Waals surface area contributed by atoms with Crippen LogP contribution in [-0.2, 0) is 10.0 Å². The molecule has 11 heavy (non-hydrogen) atoms. The number of hydrogen-bond donors (Lipinski definition) is 1. The summed E-state index contributed by atoms with van der Waals surface area (Å²) < 4.78 is 23.8. The molecule has 1 N–H and O–H groups in total. The molecule has 4 nitrogen and oxygen atoms in total. The van der Waals surface area contributed by atoms with Crippen molar-refractivity contribution in [1.29, 1.82) is 0 Å². The highest BCUT2D eigenvalue weighted by atomic mass is 35.5. The first-order chi connectivity index (χ1) is 4.98. The Hall–Kier alpha value is 0.160. The highest BCUT2D eigenvalue weighted by molar-refractivity contribution is 7.90. The molecule has 0 aliphatic rings. The van der Waals surface area contributed by atoms with Crippen molar-refractivity contribution >= 4 is 21.6 Å². The van der Waals surface area contributed by atoms with E-state index in [1.54, 1.807) is 0 Å². The predicted molar refractivity (Wildman–Crippen MR) is 46.2 cm³/mol. The van der Waals surface area contributed by atoms with Crippen LogP contribution in [0.25, 0.3) is 0 Å². The quantitative estimate of drug-likeness (QED) is 0.618. The molecule has 0 unspecified atom stereocenters. The number of alkyl halides is 1. The van der Waals surface area contributed by atoms with E-state index in [0.29, 0.717) is 13.1 Å². The van der Waals surface area contributed by atoms with E-state index in [4.69, 9.17) is 11.6 Å². The summed E-state index contributed by atoms with van der Waals surface area (Å²) in [5.41, 5.74) is 0. The molecule has 0 saturated heterocycles. The highest BCUT2D eigenvalue weighted by Gasteiger charge is 2.05. The molecule has 0 aromatic carbocycles. The number of likely N-dealkylation sites (N-methyl/N-ethyl adjacent to an activating group) is 1. The third-order valence-corrected chi connectivity index (χ3v) is 2.82. The van der Waals surface area contributed by atoms with Gasteiger partial charge in [0.05, 0.1) is 0 Å². The van der Waals surface area contributed by atoms with Crippen LogP contribution < -0.4 is 4.72 Å². The molecule has 68 valence electrons. The van der Waals surface area contributed by atoms with Crippen LogP contribution in [-0.4, -0.2) is 45.7 Å². The Kier molecular flexibility index (Phi) is 4.99. The topological polar surface area (TPSA) is 49.4 Å². The van der Waals surface area contributed by atoms with Gasteiger partial charge in [0.15, 0.2) is 0 Å². The Labute approximate surface area is 72.6 Å². The molecular formula is C5H13ClN2O2S. The van der Waals surface area contributed by atoms with Gasteiger partial charge in [-0.15, -0.1) is 11.6 Å². The van der Waals surface area contributed by atoms with Gasteiger partial charge < -0.3 is 4.90 Å². The lowest BCUT2D eigenvalue weighted by molar-refractivity contribution is 0.412. The molecule has 0 fully saturated rings. The van der Waals surface area contributed by atoms with Crippen molar-refractivity contribution in [1.82, 2.24) is 9.62 Å². The molecule has 0 aliphatic carbocycles. The van der Waals surface area contributed by atoms with Crippen LogP contribution in [0.15, 0.2) is 0 Å². The Morgan fingerprint density at radius 3 is 2.36 bits per heavy atom. The van der Waals surface area contributed by atoms with E-state index in [-0.39, 0.29) is 5.21 Å². The maximum atomic E-state index is 10.7. The molecule has 6 heteroatoms. The second-order valence-corrected chi connectivity index (χ2v) is 4.81. The maximum absolute atomic E-state index is 10.7. The van der Waals surface area contributed by atoms with Gasteiger partial charge in [-0.1, -0.05) is 0 Å². The molecule has 0 saturated carbocycles. The van der Waals surface area contributed by atoms with Gasteiger partial charge >= 0.3 is 0 Å². The van der Waals surface area contributed by atoms with Crippen molar-refractivity contribution in [3.63, 3.8) is 0 Å². The highest BCUT2D eigenvalue weighted by Crippen LogP contribution is 1.86. The number of hydrogen-bond acceptors (Lipinski definition) is 3. The number of rotatable bonds is 5. The summed E-state index contributed by atoms with van der Waals surface area (Å²) in [7, 11) is 0.514. The maximum Gasteiger partial charge on any atom is 0.225 e. The summed E-state index contributed by atoms with van der Waals surface area (Å²) in [6, 6.07) is 0. The molecule has 0 atom stereocenters. The largest absolute Gasteiger partial charge is 0.308 e. The molecule has 0 amide bonds. The van der Waals surface area contributed by atoms with E-state index in [1.165, 1.54) is 0 Å². The summed E-state index contributed by atoms with van der Waals surface area (Å²) in [6.07, 6.45) is 0. The van der Waals surface area contributed by atoms with Crippen molar-refractivity contribution in [2.24, 2.45) is 0 Å². The normalized spacial score (nSPS) is 12.4. The van der Waals surface area contributed by atoms with Gasteiger partial charge in [0.2, 0.25) is 10.0 Å². The third kappa shape index (κ3) is 6.55. The lowest BCUT2D eigenvalue weighted by Gasteiger charge is -2.09. The third-order valence-electron chi connectivity index (χ3n) is 1.02. The molecule has 0 bridgehead atoms. The first-order valence-electron chi connectivity index (χ1n) is 3.16. The minimum Gasteiger partial charge on any atom is -0.308 e. The predicted octanol–water partition coefficient (Wildman–Crippen LogP) is -0.336. The second-order valence-electron chi connectivity index (χ2n) is 2.42. The summed E-state index contributed by atoms with van der Waals surface area (Å²) in [5, 5.41) is -0.375. The van der Waals surface area contributed by atoms with Gasteiger partial charge in [-0.25, -0.2) is 13.1 Å². The Morgan fingerprint density at radius 1 is 1.45 bits per heavy atom. The zero-order valence-corrected chi connectivity index (χ0v) is 8.24. The van der Waals surface area contributed by atoms with Crippen molar-refractivity contribution < 1.29 is 8.42 Å². The first kappa shape index (κ1) is 11.2. The van der Waals surface area contributed by atoms with Crippen LogP contribution in [0.3, 0.4) is 0 Å². The average molecular weight is 201 g/mol. The van der Waals surface area contributed by atoms with Crippen LogP contribution in [0, 0.1) is 0 Å². The molecule has 0 aromatic rings. The molecular weight excluding hydrogens is 188 g/mol. The van der Waals surface area contributed by atoms with Gasteiger partial charge in [-0.3, -0.25) is 0 Å². The Bertz CT molecular complexity index is 191. The Morgan fingerprint density at radius 2 is 2.00 bits per heavy atom. The van der Waals surface area contributed by atoms with Gasteiger partial charge in [-0.2, -0.15) is 0 Å². The minimum absolute atomic E-state index is 0.375. The van der Waals surface area contributed by atoms with Crippen molar-refractivity contribution in [3.8, 4) is 0 Å². The van der Waals surface area contributed by atoms with Gasteiger partial charge in [-0.05, 0) is 14.1 Å². The smallest absolute Gasteiger partial charge is 0.225 e. The van der Waals surface area contributed by atoms with Crippen LogP contribution >= 0.6 is 11.6 Å². The molecule has 0 spiro atoms. The van der Waals surface area contributed by atoms with Crippen molar-refractivity contribution in [3.05, 3.63) is 0 Å². The van der Waals surface area contributed by atoms with Crippen LogP contribution in [0.1, 0.15) is 0 Å². The van der Waals surface area contributed by atoms with E-state index in [9.17, 15) is 8.42 Å². The lowest BCUT2D eigenvalue weighted by atomic mass is 10.6. The van der Waals surface area contributed by atoms with E-state index in [0.717, 1.165) is 0 Å². The van der Waals surface area contributed by atoms with Gasteiger partial charge in [0, 0.05) is 13.1 Å². The molecule has 0 radical (unpaired) electrons. The summed E-state index contributed by atoms with van der Waals surface area (Å²) >= 11 is 5.14. The molecule has 0 heterocycles. The fraction of sp³-hybridized carbons (Fsp3) is 1.00. The number of halogens is 1. The zero-order valence-electron chi connectivity index (χ0n) is 6.67. The number of nitrogens with zero attached hydrogens (tertiary/aromatic N) is 1. The minimum atomic E-state index is -3.23. The summed E-state index contributed by atoms with van der Waals surface area (Å²) in [4.78, 5) is 1.89. The lowest BCUT2D eigenvalue weighted by Crippen LogP contribution is -2.31. The second kappa shape index (κ2) is 4.92. The van der Waals surface area contributed by atoms with Crippen LogP contribution in [0.4, 0.5) is 0 Å². The SMILES string of the molecule is CN(C)CCNS(=O)(=O)CCl. The summed E-state index contributed by atoms with van der Waals surface area (Å²) in [5.74, 6) is 0. The Balaban J connectivity index is 3.55. The average Bonchev–Trinajstić information content (AvgIpc) is 1.87. The van der Waals surface area contributed by atoms with Crippen LogP contribution in [0.2, 0.25) is 0 Å². The van der Waals surface area contributed by atoms with Crippen molar-refractivity contribution in [2.75, 3.05) is 32.4 Å². The summed E-state index contributed by atoms with van der Waals surface area (Å²) in [6.45, 7) is 1.08. The van der Waals surface area contributed by atoms with E-state index in [2.05, 4.69) is 4.72 Å². The fourth-order valence-corrected chi connectivity index (χ4v) is 1.17.